The van der Waals surface area contributed by atoms with Crippen LogP contribution in [0, 0.1) is 6.92 Å². The highest BCUT2D eigenvalue weighted by molar-refractivity contribution is 9.09. The minimum atomic E-state index is 0.603. The van der Waals surface area contributed by atoms with Gasteiger partial charge in [0, 0.05) is 11.5 Å². The van der Waals surface area contributed by atoms with Crippen molar-refractivity contribution in [2.45, 2.75) is 6.92 Å². The van der Waals surface area contributed by atoms with Crippen LogP contribution in [0.1, 0.15) is 11.1 Å². The number of halogens is 1. The van der Waals surface area contributed by atoms with E-state index in [0.717, 1.165) is 16.5 Å². The first-order chi connectivity index (χ1) is 5.74. The molecule has 3 heteroatoms. The molecule has 0 unspecified atom stereocenters. The van der Waals surface area contributed by atoms with Gasteiger partial charge in [0.1, 0.15) is 5.82 Å². The molecule has 0 amide bonds. The molecule has 0 bridgehead atoms. The third-order valence-electron chi connectivity index (χ3n) is 1.54. The van der Waals surface area contributed by atoms with Gasteiger partial charge in [0.15, 0.2) is 0 Å². The Kier molecular flexibility index (Phi) is 3.29. The molecule has 0 aliphatic carbocycles. The van der Waals surface area contributed by atoms with Crippen molar-refractivity contribution in [2.75, 3.05) is 11.1 Å². The fraction of sp³-hybridized carbons (Fsp3) is 0.222. The second-order valence-corrected chi connectivity index (χ2v) is 3.17. The Labute approximate surface area is 80.6 Å². The highest BCUT2D eigenvalue weighted by atomic mass is 79.9. The van der Waals surface area contributed by atoms with Crippen molar-refractivity contribution >= 4 is 27.8 Å². The van der Waals surface area contributed by atoms with Crippen LogP contribution in [-0.2, 0) is 0 Å². The second kappa shape index (κ2) is 4.26. The van der Waals surface area contributed by atoms with Gasteiger partial charge in [-0.25, -0.2) is 4.98 Å². The lowest BCUT2D eigenvalue weighted by molar-refractivity contribution is 1.27. The van der Waals surface area contributed by atoms with E-state index in [4.69, 9.17) is 5.73 Å². The number of hydrogen-bond acceptors (Lipinski definition) is 2. The van der Waals surface area contributed by atoms with E-state index < -0.39 is 0 Å². The average Bonchev–Trinajstić information content (AvgIpc) is 2.07. The van der Waals surface area contributed by atoms with Gasteiger partial charge in [0.25, 0.3) is 0 Å². The van der Waals surface area contributed by atoms with Crippen molar-refractivity contribution < 1.29 is 0 Å². The molecule has 64 valence electrons. The summed E-state index contributed by atoms with van der Waals surface area (Å²) in [6.45, 7) is 1.95. The number of pyridine rings is 1. The average molecular weight is 227 g/mol. The van der Waals surface area contributed by atoms with Crippen molar-refractivity contribution in [2.24, 2.45) is 0 Å². The maximum Gasteiger partial charge on any atom is 0.126 e. The molecular formula is C9H11BrN2. The Bertz CT molecular complexity index is 295. The molecule has 2 nitrogen and oxygen atoms in total. The summed E-state index contributed by atoms with van der Waals surface area (Å²) >= 11 is 3.31. The molecule has 0 aromatic carbocycles. The lowest BCUT2D eigenvalue weighted by Crippen LogP contribution is -1.93. The fourth-order valence-corrected chi connectivity index (χ4v) is 1.07. The van der Waals surface area contributed by atoms with Crippen molar-refractivity contribution in [3.63, 3.8) is 0 Å². The highest BCUT2D eigenvalue weighted by Crippen LogP contribution is 2.10. The van der Waals surface area contributed by atoms with Crippen LogP contribution in [0.25, 0.3) is 6.08 Å². The summed E-state index contributed by atoms with van der Waals surface area (Å²) in [5.41, 5.74) is 7.68. The van der Waals surface area contributed by atoms with Crippen LogP contribution in [-0.4, -0.2) is 10.3 Å². The van der Waals surface area contributed by atoms with Gasteiger partial charge in [-0.05, 0) is 24.1 Å². The van der Waals surface area contributed by atoms with Gasteiger partial charge in [-0.3, -0.25) is 0 Å². The maximum absolute atomic E-state index is 5.57. The lowest BCUT2D eigenvalue weighted by atomic mass is 10.2. The SMILES string of the molecule is Cc1cc(C=CCBr)cnc1N. The molecule has 1 heterocycles. The lowest BCUT2D eigenvalue weighted by Gasteiger charge is -1.98. The summed E-state index contributed by atoms with van der Waals surface area (Å²) in [5, 5.41) is 0.858. The zero-order valence-electron chi connectivity index (χ0n) is 6.92. The Hall–Kier alpha value is -0.830. The van der Waals surface area contributed by atoms with Gasteiger partial charge in [-0.1, -0.05) is 28.1 Å². The molecule has 0 radical (unpaired) electrons. The number of allylic oxidation sites excluding steroid dienone is 1. The molecule has 0 atom stereocenters. The quantitative estimate of drug-likeness (QED) is 0.787. The van der Waals surface area contributed by atoms with Gasteiger partial charge >= 0.3 is 0 Å². The second-order valence-electron chi connectivity index (χ2n) is 2.53. The van der Waals surface area contributed by atoms with E-state index in [0.29, 0.717) is 5.82 Å². The molecular weight excluding hydrogens is 216 g/mol. The first kappa shape index (κ1) is 9.26. The number of rotatable bonds is 2. The van der Waals surface area contributed by atoms with Gasteiger partial charge in [0.05, 0.1) is 0 Å². The molecule has 1 aromatic rings. The molecule has 0 saturated heterocycles. The number of hydrogen-bond donors (Lipinski definition) is 1. The van der Waals surface area contributed by atoms with Gasteiger partial charge in [-0.2, -0.15) is 0 Å². The molecule has 0 fully saturated rings. The Morgan fingerprint density at radius 3 is 3.00 bits per heavy atom. The van der Waals surface area contributed by atoms with Gasteiger partial charge < -0.3 is 5.73 Å². The highest BCUT2D eigenvalue weighted by Gasteiger charge is 1.93. The predicted octanol–water partition coefficient (Wildman–Crippen LogP) is 2.38. The van der Waals surface area contributed by atoms with E-state index in [1.54, 1.807) is 6.20 Å². The zero-order chi connectivity index (χ0) is 8.97. The summed E-state index contributed by atoms with van der Waals surface area (Å²) in [6, 6.07) is 2.02. The molecule has 0 spiro atoms. The van der Waals surface area contributed by atoms with Gasteiger partial charge in [-0.15, -0.1) is 0 Å². The Balaban J connectivity index is 2.89. The number of nitrogens with zero attached hydrogens (tertiary/aromatic N) is 1. The molecule has 1 aromatic heterocycles. The molecule has 12 heavy (non-hydrogen) atoms. The van der Waals surface area contributed by atoms with Crippen LogP contribution in [0.3, 0.4) is 0 Å². The Morgan fingerprint density at radius 1 is 1.67 bits per heavy atom. The van der Waals surface area contributed by atoms with E-state index in [-0.39, 0.29) is 0 Å². The van der Waals surface area contributed by atoms with Crippen LogP contribution in [0.4, 0.5) is 5.82 Å². The van der Waals surface area contributed by atoms with Crippen LogP contribution in [0.15, 0.2) is 18.3 Å². The van der Waals surface area contributed by atoms with E-state index in [2.05, 4.69) is 20.9 Å². The van der Waals surface area contributed by atoms with Crippen molar-refractivity contribution in [1.29, 1.82) is 0 Å². The standard InChI is InChI=1S/C9H11BrN2/c1-7-5-8(3-2-4-10)6-12-9(7)11/h2-3,5-6H,4H2,1H3,(H2,11,12). The van der Waals surface area contributed by atoms with Crippen LogP contribution in [0.5, 0.6) is 0 Å². The summed E-state index contributed by atoms with van der Waals surface area (Å²) in [4.78, 5) is 4.04. The van der Waals surface area contributed by atoms with Crippen molar-refractivity contribution in [3.8, 4) is 0 Å². The smallest absolute Gasteiger partial charge is 0.126 e. The third kappa shape index (κ3) is 2.34. The molecule has 2 N–H and O–H groups in total. The minimum absolute atomic E-state index is 0.603. The van der Waals surface area contributed by atoms with Crippen LogP contribution >= 0.6 is 15.9 Å². The molecule has 1 rings (SSSR count). The Morgan fingerprint density at radius 2 is 2.42 bits per heavy atom. The number of aryl methyl sites for hydroxylation is 1. The monoisotopic (exact) mass is 226 g/mol. The molecule has 0 saturated carbocycles. The maximum atomic E-state index is 5.57. The van der Waals surface area contributed by atoms with Crippen molar-refractivity contribution in [3.05, 3.63) is 29.5 Å². The van der Waals surface area contributed by atoms with Crippen molar-refractivity contribution in [1.82, 2.24) is 4.98 Å². The topological polar surface area (TPSA) is 38.9 Å². The number of anilines is 1. The number of alkyl halides is 1. The number of nitrogens with two attached hydrogens (primary N) is 1. The fourth-order valence-electron chi connectivity index (χ4n) is 0.879. The van der Waals surface area contributed by atoms with Gasteiger partial charge in [0.2, 0.25) is 0 Å². The first-order valence-electron chi connectivity index (χ1n) is 3.68. The summed E-state index contributed by atoms with van der Waals surface area (Å²) in [6.07, 6.45) is 5.79. The first-order valence-corrected chi connectivity index (χ1v) is 4.81. The minimum Gasteiger partial charge on any atom is -0.383 e. The summed E-state index contributed by atoms with van der Waals surface area (Å²) in [5.74, 6) is 0.603. The molecule has 0 aliphatic rings. The molecule has 0 aliphatic heterocycles. The van der Waals surface area contributed by atoms with E-state index >= 15 is 0 Å². The summed E-state index contributed by atoms with van der Waals surface area (Å²) in [7, 11) is 0. The van der Waals surface area contributed by atoms with E-state index in [1.807, 2.05) is 25.1 Å². The number of aromatic nitrogens is 1. The predicted molar refractivity (Wildman–Crippen MR) is 56.2 cm³/mol. The largest absolute Gasteiger partial charge is 0.383 e. The van der Waals surface area contributed by atoms with E-state index in [1.165, 1.54) is 0 Å². The normalized spacial score (nSPS) is 10.8. The van der Waals surface area contributed by atoms with E-state index in [9.17, 15) is 0 Å². The van der Waals surface area contributed by atoms with Crippen LogP contribution < -0.4 is 5.73 Å². The summed E-state index contributed by atoms with van der Waals surface area (Å²) < 4.78 is 0. The zero-order valence-corrected chi connectivity index (χ0v) is 8.51. The third-order valence-corrected chi connectivity index (χ3v) is 1.91. The van der Waals surface area contributed by atoms with Crippen LogP contribution in [0.2, 0.25) is 0 Å². The number of nitrogen functional groups attached to an aromatic ring is 1.